The SMILES string of the molecule is CN(Cc1cscn1)C(=O)[C@@H](N)Cc1ccc(O)c(O)c1. The maximum Gasteiger partial charge on any atom is 0.239 e. The molecule has 1 heterocycles. The minimum atomic E-state index is -0.711. The number of benzene rings is 1. The highest BCUT2D eigenvalue weighted by Crippen LogP contribution is 2.25. The highest BCUT2D eigenvalue weighted by Gasteiger charge is 2.19. The molecule has 7 heteroatoms. The van der Waals surface area contributed by atoms with Gasteiger partial charge in [-0.15, -0.1) is 11.3 Å². The van der Waals surface area contributed by atoms with Crippen molar-refractivity contribution in [1.29, 1.82) is 0 Å². The van der Waals surface area contributed by atoms with Crippen molar-refractivity contribution in [3.8, 4) is 11.5 Å². The van der Waals surface area contributed by atoms with E-state index in [1.807, 2.05) is 5.38 Å². The van der Waals surface area contributed by atoms with Gasteiger partial charge in [0.05, 0.1) is 23.8 Å². The number of carbonyl (C=O) groups is 1. The zero-order valence-electron chi connectivity index (χ0n) is 11.6. The summed E-state index contributed by atoms with van der Waals surface area (Å²) in [5.74, 6) is -0.613. The Kier molecular flexibility index (Phi) is 4.77. The van der Waals surface area contributed by atoms with Gasteiger partial charge in [-0.1, -0.05) is 6.07 Å². The third kappa shape index (κ3) is 3.93. The molecule has 0 saturated carbocycles. The van der Waals surface area contributed by atoms with Crippen molar-refractivity contribution in [3.63, 3.8) is 0 Å². The molecule has 1 aromatic heterocycles. The van der Waals surface area contributed by atoms with E-state index in [4.69, 9.17) is 5.73 Å². The maximum absolute atomic E-state index is 12.2. The van der Waals surface area contributed by atoms with Gasteiger partial charge in [0, 0.05) is 12.4 Å². The van der Waals surface area contributed by atoms with Gasteiger partial charge in [0.25, 0.3) is 0 Å². The molecular formula is C14H17N3O3S. The molecular weight excluding hydrogens is 290 g/mol. The molecule has 1 amide bonds. The number of nitrogens with zero attached hydrogens (tertiary/aromatic N) is 2. The van der Waals surface area contributed by atoms with Crippen LogP contribution in [0.15, 0.2) is 29.1 Å². The standard InChI is InChI=1S/C14H17N3O3S/c1-17(6-10-7-21-8-16-10)14(20)11(15)4-9-2-3-12(18)13(19)5-9/h2-3,5,7-8,11,18-19H,4,6,15H2,1H3/t11-/m0/s1. The molecule has 0 radical (unpaired) electrons. The van der Waals surface area contributed by atoms with Crippen LogP contribution in [0.4, 0.5) is 0 Å². The summed E-state index contributed by atoms with van der Waals surface area (Å²) < 4.78 is 0. The van der Waals surface area contributed by atoms with E-state index in [1.54, 1.807) is 18.6 Å². The molecule has 2 rings (SSSR count). The number of hydrogen-bond acceptors (Lipinski definition) is 6. The second kappa shape index (κ2) is 6.55. The molecule has 6 nitrogen and oxygen atoms in total. The van der Waals surface area contributed by atoms with Gasteiger partial charge in [-0.2, -0.15) is 0 Å². The van der Waals surface area contributed by atoms with Gasteiger partial charge in [-0.05, 0) is 24.1 Å². The van der Waals surface area contributed by atoms with E-state index in [0.29, 0.717) is 12.1 Å². The smallest absolute Gasteiger partial charge is 0.239 e. The van der Waals surface area contributed by atoms with Crippen molar-refractivity contribution in [2.45, 2.75) is 19.0 Å². The molecule has 1 aromatic carbocycles. The van der Waals surface area contributed by atoms with E-state index < -0.39 is 6.04 Å². The number of likely N-dealkylation sites (N-methyl/N-ethyl adjacent to an activating group) is 1. The van der Waals surface area contributed by atoms with Crippen LogP contribution >= 0.6 is 11.3 Å². The molecule has 112 valence electrons. The van der Waals surface area contributed by atoms with Crippen LogP contribution in [0.3, 0.4) is 0 Å². The van der Waals surface area contributed by atoms with Crippen LogP contribution in [0, 0.1) is 0 Å². The Balaban J connectivity index is 1.96. The molecule has 21 heavy (non-hydrogen) atoms. The molecule has 0 spiro atoms. The van der Waals surface area contributed by atoms with E-state index in [0.717, 1.165) is 5.69 Å². The molecule has 4 N–H and O–H groups in total. The summed E-state index contributed by atoms with van der Waals surface area (Å²) in [6.45, 7) is 0.414. The minimum Gasteiger partial charge on any atom is -0.504 e. The molecule has 0 aliphatic rings. The van der Waals surface area contributed by atoms with E-state index in [-0.39, 0.29) is 23.8 Å². The summed E-state index contributed by atoms with van der Waals surface area (Å²) >= 11 is 1.48. The van der Waals surface area contributed by atoms with Crippen LogP contribution in [0.5, 0.6) is 11.5 Å². The number of phenols is 2. The molecule has 0 aliphatic heterocycles. The van der Waals surface area contributed by atoms with Crippen molar-refractivity contribution in [2.75, 3.05) is 7.05 Å². The number of nitrogens with two attached hydrogens (primary N) is 1. The summed E-state index contributed by atoms with van der Waals surface area (Å²) in [7, 11) is 1.68. The van der Waals surface area contributed by atoms with E-state index >= 15 is 0 Å². The van der Waals surface area contributed by atoms with Crippen LogP contribution < -0.4 is 5.73 Å². The Morgan fingerprint density at radius 3 is 2.81 bits per heavy atom. The molecule has 0 fully saturated rings. The van der Waals surface area contributed by atoms with Gasteiger partial charge in [0.15, 0.2) is 11.5 Å². The van der Waals surface area contributed by atoms with Crippen LogP contribution in [-0.4, -0.2) is 39.1 Å². The predicted molar refractivity (Wildman–Crippen MR) is 80.0 cm³/mol. The van der Waals surface area contributed by atoms with E-state index in [2.05, 4.69) is 4.98 Å². The fourth-order valence-electron chi connectivity index (χ4n) is 1.96. The molecule has 0 saturated heterocycles. The predicted octanol–water partition coefficient (Wildman–Crippen LogP) is 1.08. The molecule has 0 unspecified atom stereocenters. The van der Waals surface area contributed by atoms with Crippen molar-refractivity contribution in [2.24, 2.45) is 5.73 Å². The van der Waals surface area contributed by atoms with Gasteiger partial charge in [-0.25, -0.2) is 4.98 Å². The van der Waals surface area contributed by atoms with Crippen LogP contribution in [0.25, 0.3) is 0 Å². The van der Waals surface area contributed by atoms with E-state index in [1.165, 1.54) is 28.4 Å². The zero-order chi connectivity index (χ0) is 15.4. The van der Waals surface area contributed by atoms with E-state index in [9.17, 15) is 15.0 Å². The number of aromatic hydroxyl groups is 2. The molecule has 1 atom stereocenters. The lowest BCUT2D eigenvalue weighted by Gasteiger charge is -2.20. The van der Waals surface area contributed by atoms with Gasteiger partial charge in [-0.3, -0.25) is 4.79 Å². The van der Waals surface area contributed by atoms with Crippen LogP contribution in [-0.2, 0) is 17.8 Å². The first kappa shape index (κ1) is 15.3. The third-order valence-corrected chi connectivity index (χ3v) is 3.71. The number of rotatable bonds is 5. The quantitative estimate of drug-likeness (QED) is 0.718. The summed E-state index contributed by atoms with van der Waals surface area (Å²) in [5, 5.41) is 20.6. The Morgan fingerprint density at radius 1 is 1.43 bits per heavy atom. The molecule has 0 bridgehead atoms. The number of amides is 1. The average Bonchev–Trinajstić information content (AvgIpc) is 2.94. The molecule has 2 aromatic rings. The second-order valence-corrected chi connectivity index (χ2v) is 5.53. The molecule has 0 aliphatic carbocycles. The first-order chi connectivity index (χ1) is 9.97. The Labute approximate surface area is 126 Å². The average molecular weight is 307 g/mol. The zero-order valence-corrected chi connectivity index (χ0v) is 12.4. The summed E-state index contributed by atoms with van der Waals surface area (Å²) in [6, 6.07) is 3.70. The third-order valence-electron chi connectivity index (χ3n) is 3.07. The largest absolute Gasteiger partial charge is 0.504 e. The Bertz CT molecular complexity index is 616. The second-order valence-electron chi connectivity index (χ2n) is 4.81. The van der Waals surface area contributed by atoms with Crippen molar-refractivity contribution in [3.05, 3.63) is 40.3 Å². The van der Waals surface area contributed by atoms with Crippen LogP contribution in [0.2, 0.25) is 0 Å². The maximum atomic E-state index is 12.2. The fourth-order valence-corrected chi connectivity index (χ4v) is 2.51. The highest BCUT2D eigenvalue weighted by atomic mass is 32.1. The number of hydrogen-bond donors (Lipinski definition) is 3. The van der Waals surface area contributed by atoms with Crippen LogP contribution in [0.1, 0.15) is 11.3 Å². The summed E-state index contributed by atoms with van der Waals surface area (Å²) in [5.41, 5.74) is 9.14. The Hall–Kier alpha value is -2.12. The van der Waals surface area contributed by atoms with Crippen molar-refractivity contribution in [1.82, 2.24) is 9.88 Å². The Morgan fingerprint density at radius 2 is 2.19 bits per heavy atom. The number of aromatic nitrogens is 1. The number of carbonyl (C=O) groups excluding carboxylic acids is 1. The monoisotopic (exact) mass is 307 g/mol. The summed E-state index contributed by atoms with van der Waals surface area (Å²) in [6.07, 6.45) is 0.286. The topological polar surface area (TPSA) is 99.7 Å². The lowest BCUT2D eigenvalue weighted by atomic mass is 10.0. The first-order valence-corrected chi connectivity index (χ1v) is 7.30. The highest BCUT2D eigenvalue weighted by molar-refractivity contribution is 7.07. The number of thiazole rings is 1. The lowest BCUT2D eigenvalue weighted by Crippen LogP contribution is -2.42. The normalized spacial score (nSPS) is 12.1. The van der Waals surface area contributed by atoms with Gasteiger partial charge in [0.2, 0.25) is 5.91 Å². The first-order valence-electron chi connectivity index (χ1n) is 6.36. The fraction of sp³-hybridized carbons (Fsp3) is 0.286. The van der Waals surface area contributed by atoms with Crippen molar-refractivity contribution < 1.29 is 15.0 Å². The number of phenolic OH excluding ortho intramolecular Hbond substituents is 2. The van der Waals surface area contributed by atoms with Gasteiger partial charge in [0.1, 0.15) is 0 Å². The van der Waals surface area contributed by atoms with Gasteiger partial charge < -0.3 is 20.8 Å². The lowest BCUT2D eigenvalue weighted by molar-refractivity contribution is -0.131. The van der Waals surface area contributed by atoms with Gasteiger partial charge >= 0.3 is 0 Å². The van der Waals surface area contributed by atoms with Crippen molar-refractivity contribution >= 4 is 17.2 Å². The minimum absolute atomic E-state index is 0.195. The summed E-state index contributed by atoms with van der Waals surface area (Å²) in [4.78, 5) is 17.8.